The Morgan fingerprint density at radius 3 is 2.25 bits per heavy atom. The molecular formula is C46H57BrN10O13S. The number of halogens is 1. The molecule has 23 nitrogen and oxygen atoms in total. The molecule has 1 saturated heterocycles. The number of benzene rings is 4. The van der Waals surface area contributed by atoms with E-state index >= 15 is 0 Å². The molecule has 0 saturated carbocycles. The van der Waals surface area contributed by atoms with E-state index in [1.807, 2.05) is 43.3 Å². The zero-order valence-electron chi connectivity index (χ0n) is 39.2. The van der Waals surface area contributed by atoms with Gasteiger partial charge in [0.25, 0.3) is 16.0 Å². The van der Waals surface area contributed by atoms with Crippen molar-refractivity contribution in [2.75, 3.05) is 63.8 Å². The Morgan fingerprint density at radius 1 is 0.915 bits per heavy atom. The van der Waals surface area contributed by atoms with Gasteiger partial charge in [-0.3, -0.25) is 18.9 Å². The minimum absolute atomic E-state index is 0.0122. The van der Waals surface area contributed by atoms with Gasteiger partial charge in [-0.05, 0) is 67.6 Å². The van der Waals surface area contributed by atoms with Crippen LogP contribution < -0.4 is 26.2 Å². The van der Waals surface area contributed by atoms with Crippen LogP contribution in [0.5, 0.6) is 0 Å². The highest BCUT2D eigenvalue weighted by molar-refractivity contribution is 9.10. The topological polar surface area (TPSA) is 310 Å². The number of aromatic nitrogens is 3. The van der Waals surface area contributed by atoms with Gasteiger partial charge in [0.1, 0.15) is 34.9 Å². The summed E-state index contributed by atoms with van der Waals surface area (Å²) >= 11 is 3.44. The van der Waals surface area contributed by atoms with Crippen LogP contribution in [0.3, 0.4) is 0 Å². The fourth-order valence-corrected chi connectivity index (χ4v) is 8.32. The molecule has 7 atom stereocenters. The number of azo groups is 1. The lowest BCUT2D eigenvalue weighted by molar-refractivity contribution is -0.316. The second-order valence-corrected chi connectivity index (χ2v) is 19.6. The fourth-order valence-electron chi connectivity index (χ4n) is 7.23. The maximum Gasteiger partial charge on any atom is 0.295 e. The number of anilines is 2. The van der Waals surface area contributed by atoms with E-state index in [0.717, 1.165) is 5.69 Å². The minimum atomic E-state index is -4.49. The lowest BCUT2D eigenvalue weighted by Crippen LogP contribution is -2.66. The number of nitrogens with zero attached hydrogens (tertiary/aromatic N) is 6. The van der Waals surface area contributed by atoms with Crippen LogP contribution >= 0.6 is 15.9 Å². The zero-order chi connectivity index (χ0) is 51.3. The third-order valence-corrected chi connectivity index (χ3v) is 12.7. The average Bonchev–Trinajstić information content (AvgIpc) is 3.81. The first-order valence-electron chi connectivity index (χ1n) is 22.3. The highest BCUT2D eigenvalue weighted by Crippen LogP contribution is 2.32. The van der Waals surface area contributed by atoms with Crippen molar-refractivity contribution in [2.45, 2.75) is 73.1 Å². The average molecular weight is 1070 g/mol. The molecule has 0 spiro atoms. The monoisotopic (exact) mass is 1070 g/mol. The van der Waals surface area contributed by atoms with Gasteiger partial charge in [-0.1, -0.05) is 45.4 Å². The summed E-state index contributed by atoms with van der Waals surface area (Å²) in [5.41, 5.74) is 3.80. The van der Waals surface area contributed by atoms with Gasteiger partial charge in [0.15, 0.2) is 16.9 Å². The van der Waals surface area contributed by atoms with Crippen LogP contribution in [0.2, 0.25) is 0 Å². The van der Waals surface area contributed by atoms with Gasteiger partial charge < -0.3 is 60.4 Å². The first-order valence-corrected chi connectivity index (χ1v) is 24.5. The molecule has 3 amide bonds. The number of rotatable bonds is 24. The summed E-state index contributed by atoms with van der Waals surface area (Å²) in [5, 5.41) is 60.1. The summed E-state index contributed by atoms with van der Waals surface area (Å²) < 4.78 is 57.2. The third-order valence-electron chi connectivity index (χ3n) is 11.0. The number of alkyl halides is 1. The van der Waals surface area contributed by atoms with Crippen molar-refractivity contribution in [3.63, 3.8) is 0 Å². The molecule has 1 aliphatic heterocycles. The second-order valence-electron chi connectivity index (χ2n) is 16.6. The molecule has 25 heteroatoms. The van der Waals surface area contributed by atoms with E-state index in [2.05, 4.69) is 57.7 Å². The predicted octanol–water partition coefficient (Wildman–Crippen LogP) is 2.79. The molecule has 0 bridgehead atoms. The number of aliphatic hydroxyl groups excluding tert-OH is 3. The van der Waals surface area contributed by atoms with E-state index in [4.69, 9.17) is 18.9 Å². The summed E-state index contributed by atoms with van der Waals surface area (Å²) in [6.07, 6.45) is -5.94. The predicted molar refractivity (Wildman–Crippen MR) is 262 cm³/mol. The van der Waals surface area contributed by atoms with E-state index in [1.54, 1.807) is 54.7 Å². The van der Waals surface area contributed by atoms with Crippen molar-refractivity contribution in [1.29, 1.82) is 0 Å². The Morgan fingerprint density at radius 2 is 1.59 bits per heavy atom. The molecule has 1 fully saturated rings. The molecule has 0 aliphatic carbocycles. The molecule has 4 aromatic carbocycles. The molecule has 1 aromatic heterocycles. The zero-order valence-corrected chi connectivity index (χ0v) is 41.6. The first kappa shape index (κ1) is 54.3. The largest absolute Gasteiger partial charge is 0.394 e. The number of carbonyl (C=O) groups excluding carboxylic acids is 3. The molecule has 2 heterocycles. The summed E-state index contributed by atoms with van der Waals surface area (Å²) in [5.74, 6) is -1.53. The highest BCUT2D eigenvalue weighted by Gasteiger charge is 2.49. The number of hydrogen-bond donors (Lipinski definition) is 8. The maximum atomic E-state index is 13.8. The van der Waals surface area contributed by atoms with Crippen LogP contribution in [-0.2, 0) is 51.7 Å². The number of ether oxygens (including phenoxy) is 4. The van der Waals surface area contributed by atoms with Crippen LogP contribution in [0.25, 0.3) is 10.8 Å². The van der Waals surface area contributed by atoms with E-state index in [9.17, 15) is 42.7 Å². The Balaban J connectivity index is 1.00. The van der Waals surface area contributed by atoms with E-state index in [-0.39, 0.29) is 56.8 Å². The molecule has 71 heavy (non-hydrogen) atoms. The molecule has 2 unspecified atom stereocenters. The van der Waals surface area contributed by atoms with Crippen molar-refractivity contribution >= 4 is 77.3 Å². The number of amides is 3. The van der Waals surface area contributed by atoms with E-state index in [0.29, 0.717) is 39.1 Å². The molecule has 8 N–H and O–H groups in total. The molecule has 0 radical (unpaired) electrons. The second kappa shape index (κ2) is 24.9. The first-order chi connectivity index (χ1) is 33.8. The van der Waals surface area contributed by atoms with Crippen LogP contribution in [-0.4, -0.2) is 156 Å². The lowest BCUT2D eigenvalue weighted by Gasteiger charge is -2.44. The van der Waals surface area contributed by atoms with Gasteiger partial charge in [-0.25, -0.2) is 4.68 Å². The third kappa shape index (κ3) is 14.8. The van der Waals surface area contributed by atoms with Crippen LogP contribution in [0.1, 0.15) is 29.9 Å². The van der Waals surface area contributed by atoms with Crippen LogP contribution in [0.15, 0.2) is 106 Å². The van der Waals surface area contributed by atoms with Crippen molar-refractivity contribution < 1.29 is 61.6 Å². The van der Waals surface area contributed by atoms with Crippen molar-refractivity contribution in [2.24, 2.45) is 10.2 Å². The molecule has 6 rings (SSSR count). The Hall–Kier alpha value is -6.00. The number of hydrogen-bond acceptors (Lipinski definition) is 18. The van der Waals surface area contributed by atoms with Crippen LogP contribution in [0, 0.1) is 0 Å². The van der Waals surface area contributed by atoms with Gasteiger partial charge in [-0.2, -0.15) is 18.6 Å². The highest BCUT2D eigenvalue weighted by atomic mass is 79.9. The molecule has 5 aromatic rings. The lowest BCUT2D eigenvalue weighted by atomic mass is 9.97. The summed E-state index contributed by atoms with van der Waals surface area (Å²) in [7, 11) is -0.579. The standard InChI is InChI=1S/C46H57BrN10O13S/c1-28(59)51-39-41(61)40(60)37(27-58)69-43(39)70-45(46(2,47)44(63)49-20-19-48-36-9-5-8-35-34(36)7-6-10-38(35)71(64,65)66)68-24-23-67-22-21-57-26-32(54-55-57)25-50-42(62)29-11-13-30(14-12-29)52-53-31-15-17-33(18-16-31)56(3)4/h5-18,26,37,39-41,43,45,48,58,60-61H,19-25,27H2,1-4H3,(H,49,63)(H,50,62)(H,51,59)(H,64,65,66)/t37-,39-,40-,41-,43+,45?,46?/m1/s1. The summed E-state index contributed by atoms with van der Waals surface area (Å²) in [6.45, 7) is 2.52. The summed E-state index contributed by atoms with van der Waals surface area (Å²) in [4.78, 5) is 40.5. The molecule has 382 valence electrons. The van der Waals surface area contributed by atoms with E-state index < -0.39 is 69.8 Å². The van der Waals surface area contributed by atoms with Crippen molar-refractivity contribution in [1.82, 2.24) is 30.9 Å². The quantitative estimate of drug-likeness (QED) is 0.0145. The number of carbonyl (C=O) groups is 3. The van der Waals surface area contributed by atoms with Crippen molar-refractivity contribution in [3.05, 3.63) is 102 Å². The SMILES string of the molecule is CC(=O)N[C@H]1[C@H](OC(OCCOCCn2cc(CNC(=O)c3ccc(N=Nc4ccc(N(C)C)cc4)cc3)nn2)C(C)(Br)C(=O)NCCNc2cccc3c(S(=O)(=O)O)cccc23)O[C@H](CO)[C@@H](O)[C@@H]1O. The normalized spacial score (nSPS) is 19.5. The van der Waals surface area contributed by atoms with Crippen LogP contribution in [0.4, 0.5) is 22.7 Å². The molecule has 1 aliphatic rings. The fraction of sp³-hybridized carbons (Fsp3) is 0.413. The van der Waals surface area contributed by atoms with Gasteiger partial charge in [-0.15, -0.1) is 5.10 Å². The number of aliphatic hydroxyl groups is 3. The number of fused-ring (bicyclic) bond motifs is 1. The van der Waals surface area contributed by atoms with E-state index in [1.165, 1.54) is 30.7 Å². The van der Waals surface area contributed by atoms with Crippen molar-refractivity contribution in [3.8, 4) is 0 Å². The smallest absolute Gasteiger partial charge is 0.295 e. The molecular weight excluding hydrogens is 1010 g/mol. The van der Waals surface area contributed by atoms with Gasteiger partial charge in [0.2, 0.25) is 11.8 Å². The summed E-state index contributed by atoms with van der Waals surface area (Å²) in [6, 6.07) is 22.3. The Labute approximate surface area is 417 Å². The van der Waals surface area contributed by atoms with Gasteiger partial charge in [0.05, 0.1) is 57.1 Å². The minimum Gasteiger partial charge on any atom is -0.394 e. The Bertz CT molecular complexity index is 2730. The maximum absolute atomic E-state index is 13.8. The van der Waals surface area contributed by atoms with Gasteiger partial charge >= 0.3 is 0 Å². The Kier molecular flexibility index (Phi) is 19.1. The number of nitrogens with one attached hydrogen (secondary N) is 4. The van der Waals surface area contributed by atoms with Gasteiger partial charge in [0, 0.05) is 61.8 Å².